The lowest BCUT2D eigenvalue weighted by molar-refractivity contribution is 0.0937. The second-order valence-electron chi connectivity index (χ2n) is 8.63. The fourth-order valence-corrected chi connectivity index (χ4v) is 5.34. The average Bonchev–Trinajstić information content (AvgIpc) is 3.03. The molecule has 0 aliphatic carbocycles. The summed E-state index contributed by atoms with van der Waals surface area (Å²) in [7, 11) is 1.62. The fourth-order valence-electron chi connectivity index (χ4n) is 4.28. The lowest BCUT2D eigenvalue weighted by atomic mass is 10.1. The average molecular weight is 495 g/mol. The number of hydrogen-bond acceptors (Lipinski definition) is 4. The molecule has 4 aromatic rings. The molecule has 4 aromatic carbocycles. The Morgan fingerprint density at radius 3 is 2.50 bits per heavy atom. The molecular formula is C30H26N2O3S. The molecule has 5 nitrogen and oxygen atoms in total. The summed E-state index contributed by atoms with van der Waals surface area (Å²) >= 11 is 1.54. The third-order valence-electron chi connectivity index (χ3n) is 6.22. The van der Waals surface area contributed by atoms with E-state index in [0.717, 1.165) is 26.7 Å². The maximum Gasteiger partial charge on any atom is 0.259 e. The van der Waals surface area contributed by atoms with E-state index in [9.17, 15) is 9.59 Å². The summed E-state index contributed by atoms with van der Waals surface area (Å²) < 4.78 is 5.38. The number of benzene rings is 4. The number of ether oxygens (including phenoxy) is 1. The number of hydrogen-bond donors (Lipinski definition) is 1. The lowest BCUT2D eigenvalue weighted by Gasteiger charge is -2.24. The Hall–Kier alpha value is -4.03. The van der Waals surface area contributed by atoms with Gasteiger partial charge in [0.1, 0.15) is 5.75 Å². The topological polar surface area (TPSA) is 58.6 Å². The van der Waals surface area contributed by atoms with Gasteiger partial charge in [0.2, 0.25) is 0 Å². The number of nitrogens with one attached hydrogen (secondary N) is 1. The third kappa shape index (κ3) is 4.86. The summed E-state index contributed by atoms with van der Waals surface area (Å²) in [4.78, 5) is 30.6. The van der Waals surface area contributed by atoms with Crippen LogP contribution in [0.5, 0.6) is 5.75 Å². The van der Waals surface area contributed by atoms with Crippen LogP contribution in [0.3, 0.4) is 0 Å². The van der Waals surface area contributed by atoms with E-state index in [4.69, 9.17) is 4.74 Å². The van der Waals surface area contributed by atoms with Crippen molar-refractivity contribution in [3.05, 3.63) is 119 Å². The van der Waals surface area contributed by atoms with Gasteiger partial charge in [-0.1, -0.05) is 66.4 Å². The number of methoxy groups -OCH3 is 1. The predicted octanol–water partition coefficient (Wildman–Crippen LogP) is 6.50. The highest BCUT2D eigenvalue weighted by Gasteiger charge is 2.28. The molecule has 1 unspecified atom stereocenters. The van der Waals surface area contributed by atoms with Gasteiger partial charge in [-0.25, -0.2) is 0 Å². The van der Waals surface area contributed by atoms with E-state index in [1.54, 1.807) is 23.8 Å². The number of rotatable bonds is 6. The van der Waals surface area contributed by atoms with Crippen LogP contribution < -0.4 is 15.0 Å². The van der Waals surface area contributed by atoms with Crippen molar-refractivity contribution in [1.29, 1.82) is 0 Å². The zero-order valence-corrected chi connectivity index (χ0v) is 20.9. The van der Waals surface area contributed by atoms with E-state index in [2.05, 4.69) is 5.32 Å². The second kappa shape index (κ2) is 10.3. The zero-order chi connectivity index (χ0) is 25.1. The number of fused-ring (bicyclic) bond motifs is 2. The highest BCUT2D eigenvalue weighted by molar-refractivity contribution is 7.99. The summed E-state index contributed by atoms with van der Waals surface area (Å²) in [6.45, 7) is 2.31. The van der Waals surface area contributed by atoms with Crippen molar-refractivity contribution in [2.45, 2.75) is 29.3 Å². The molecule has 0 fully saturated rings. The molecule has 0 aromatic heterocycles. The number of amides is 2. The monoisotopic (exact) mass is 494 g/mol. The highest BCUT2D eigenvalue weighted by atomic mass is 32.2. The molecule has 0 bridgehead atoms. The molecule has 36 heavy (non-hydrogen) atoms. The van der Waals surface area contributed by atoms with Crippen molar-refractivity contribution in [2.24, 2.45) is 0 Å². The third-order valence-corrected chi connectivity index (χ3v) is 7.36. The van der Waals surface area contributed by atoms with Crippen molar-refractivity contribution in [3.8, 4) is 5.75 Å². The maximum absolute atomic E-state index is 13.8. The van der Waals surface area contributed by atoms with Gasteiger partial charge in [0, 0.05) is 15.4 Å². The fraction of sp³-hybridized carbons (Fsp3) is 0.133. The molecule has 1 aliphatic heterocycles. The first-order valence-electron chi connectivity index (χ1n) is 11.7. The smallest absolute Gasteiger partial charge is 0.259 e. The van der Waals surface area contributed by atoms with Crippen LogP contribution in [0.15, 0.2) is 107 Å². The van der Waals surface area contributed by atoms with Gasteiger partial charge in [-0.2, -0.15) is 0 Å². The van der Waals surface area contributed by atoms with Gasteiger partial charge in [-0.15, -0.1) is 0 Å². The van der Waals surface area contributed by atoms with Crippen LogP contribution in [0.2, 0.25) is 0 Å². The summed E-state index contributed by atoms with van der Waals surface area (Å²) in [6, 6.07) is 30.6. The molecule has 180 valence electrons. The normalized spacial score (nSPS) is 13.3. The van der Waals surface area contributed by atoms with Crippen molar-refractivity contribution >= 4 is 29.3 Å². The van der Waals surface area contributed by atoms with Crippen LogP contribution in [0.25, 0.3) is 0 Å². The van der Waals surface area contributed by atoms with Gasteiger partial charge < -0.3 is 15.0 Å². The van der Waals surface area contributed by atoms with Gasteiger partial charge in [0.25, 0.3) is 11.8 Å². The molecule has 0 radical (unpaired) electrons. The van der Waals surface area contributed by atoms with Crippen LogP contribution >= 0.6 is 11.8 Å². The first kappa shape index (κ1) is 23.7. The number of carbonyl (C=O) groups excluding carboxylic acids is 2. The van der Waals surface area contributed by atoms with E-state index >= 15 is 0 Å². The first-order valence-corrected chi connectivity index (χ1v) is 12.6. The van der Waals surface area contributed by atoms with E-state index in [0.29, 0.717) is 23.4 Å². The molecular weight excluding hydrogens is 468 g/mol. The molecule has 0 spiro atoms. The van der Waals surface area contributed by atoms with Crippen LogP contribution in [0, 0.1) is 0 Å². The van der Waals surface area contributed by atoms with Gasteiger partial charge in [0.15, 0.2) is 0 Å². The summed E-state index contributed by atoms with van der Waals surface area (Å²) in [5, 5.41) is 3.08. The molecule has 2 amide bonds. The SMILES string of the molecule is COc1cccc(CN2C(=O)c3ccccc3Sc3ccc(C(=O)NC(C)c4ccccc4)cc32)c1. The second-order valence-corrected chi connectivity index (χ2v) is 9.71. The lowest BCUT2D eigenvalue weighted by Crippen LogP contribution is -2.31. The number of anilines is 1. The molecule has 1 heterocycles. The van der Waals surface area contributed by atoms with Crippen molar-refractivity contribution in [1.82, 2.24) is 5.32 Å². The van der Waals surface area contributed by atoms with Crippen LogP contribution in [-0.4, -0.2) is 18.9 Å². The van der Waals surface area contributed by atoms with E-state index in [-0.39, 0.29) is 17.9 Å². The Labute approximate surface area is 215 Å². The van der Waals surface area contributed by atoms with Gasteiger partial charge in [0.05, 0.1) is 30.9 Å². The molecule has 5 rings (SSSR count). The van der Waals surface area contributed by atoms with Crippen LogP contribution in [0.1, 0.15) is 44.8 Å². The molecule has 6 heteroatoms. The minimum Gasteiger partial charge on any atom is -0.497 e. The molecule has 1 N–H and O–H groups in total. The maximum atomic E-state index is 13.8. The quantitative estimate of drug-likeness (QED) is 0.333. The van der Waals surface area contributed by atoms with E-state index < -0.39 is 0 Å². The Kier molecular flexibility index (Phi) is 6.78. The minimum atomic E-state index is -0.185. The van der Waals surface area contributed by atoms with Crippen molar-refractivity contribution < 1.29 is 14.3 Å². The van der Waals surface area contributed by atoms with Crippen LogP contribution in [-0.2, 0) is 6.54 Å². The van der Waals surface area contributed by atoms with E-state index in [1.165, 1.54) is 0 Å². The van der Waals surface area contributed by atoms with Crippen LogP contribution in [0.4, 0.5) is 5.69 Å². The zero-order valence-electron chi connectivity index (χ0n) is 20.1. The Balaban J connectivity index is 1.52. The van der Waals surface area contributed by atoms with Gasteiger partial charge in [-0.3, -0.25) is 9.59 Å². The predicted molar refractivity (Wildman–Crippen MR) is 143 cm³/mol. The summed E-state index contributed by atoms with van der Waals surface area (Å²) in [5.74, 6) is 0.442. The molecule has 1 aliphatic rings. The van der Waals surface area contributed by atoms with Crippen molar-refractivity contribution in [2.75, 3.05) is 12.0 Å². The summed E-state index contributed by atoms with van der Waals surface area (Å²) in [5.41, 5.74) is 3.83. The van der Waals surface area contributed by atoms with E-state index in [1.807, 2.05) is 104 Å². The minimum absolute atomic E-state index is 0.102. The highest BCUT2D eigenvalue weighted by Crippen LogP contribution is 2.42. The Morgan fingerprint density at radius 1 is 0.917 bits per heavy atom. The Morgan fingerprint density at radius 2 is 1.69 bits per heavy atom. The van der Waals surface area contributed by atoms with Crippen molar-refractivity contribution in [3.63, 3.8) is 0 Å². The number of carbonyl (C=O) groups is 2. The van der Waals surface area contributed by atoms with Gasteiger partial charge in [-0.05, 0) is 60.5 Å². The summed E-state index contributed by atoms with van der Waals surface area (Å²) in [6.07, 6.45) is 0. The molecule has 0 saturated carbocycles. The standard InChI is InChI=1S/C30H26N2O3S/c1-20(22-10-4-3-5-11-22)31-29(33)23-15-16-28-26(18-23)32(19-21-9-8-12-24(17-21)35-2)30(34)25-13-6-7-14-27(25)36-28/h3-18,20H,19H2,1-2H3,(H,31,33). The van der Waals surface area contributed by atoms with Gasteiger partial charge >= 0.3 is 0 Å². The molecule has 0 saturated heterocycles. The number of nitrogens with zero attached hydrogens (tertiary/aromatic N) is 1. The first-order chi connectivity index (χ1) is 17.5. The molecule has 1 atom stereocenters. The largest absolute Gasteiger partial charge is 0.497 e. The Bertz CT molecular complexity index is 1420.